The number of hydrogen-bond acceptors (Lipinski definition) is 4. The van der Waals surface area contributed by atoms with Crippen LogP contribution < -0.4 is 11.1 Å². The van der Waals surface area contributed by atoms with Crippen LogP contribution in [0.1, 0.15) is 6.42 Å². The van der Waals surface area contributed by atoms with E-state index in [1.807, 2.05) is 0 Å². The lowest BCUT2D eigenvalue weighted by molar-refractivity contribution is -0.116. The Hall–Kier alpha value is -2.44. The normalized spacial score (nSPS) is 10.3. The van der Waals surface area contributed by atoms with Crippen molar-refractivity contribution in [2.45, 2.75) is 13.0 Å². The van der Waals surface area contributed by atoms with E-state index in [0.717, 1.165) is 6.07 Å². The van der Waals surface area contributed by atoms with E-state index in [1.165, 1.54) is 24.8 Å². The first-order valence-electron chi connectivity index (χ1n) is 5.32. The van der Waals surface area contributed by atoms with Crippen LogP contribution in [0.2, 0.25) is 0 Å². The van der Waals surface area contributed by atoms with Crippen LogP contribution in [-0.2, 0) is 11.3 Å². The summed E-state index contributed by atoms with van der Waals surface area (Å²) in [6, 6.07) is 3.83. The molecule has 0 aliphatic carbocycles. The van der Waals surface area contributed by atoms with E-state index in [1.54, 1.807) is 4.68 Å². The van der Waals surface area contributed by atoms with Crippen molar-refractivity contribution in [2.24, 2.45) is 0 Å². The fourth-order valence-corrected chi connectivity index (χ4v) is 1.42. The summed E-state index contributed by atoms with van der Waals surface area (Å²) >= 11 is 0. The average molecular weight is 249 g/mol. The molecule has 1 amide bonds. The van der Waals surface area contributed by atoms with Crippen molar-refractivity contribution in [3.63, 3.8) is 0 Å². The van der Waals surface area contributed by atoms with Crippen LogP contribution in [0.25, 0.3) is 0 Å². The first-order valence-corrected chi connectivity index (χ1v) is 5.32. The molecule has 1 heterocycles. The van der Waals surface area contributed by atoms with Crippen molar-refractivity contribution >= 4 is 17.3 Å². The lowest BCUT2D eigenvalue weighted by Gasteiger charge is -2.08. The van der Waals surface area contributed by atoms with Crippen molar-refractivity contribution in [2.75, 3.05) is 11.1 Å². The van der Waals surface area contributed by atoms with Gasteiger partial charge in [0.05, 0.1) is 17.9 Å². The first-order chi connectivity index (χ1) is 8.65. The molecule has 0 radical (unpaired) electrons. The van der Waals surface area contributed by atoms with Crippen molar-refractivity contribution in [1.29, 1.82) is 0 Å². The number of aromatic nitrogens is 3. The smallest absolute Gasteiger partial charge is 0.226 e. The molecule has 18 heavy (non-hydrogen) atoms. The standard InChI is InChI=1S/C11H12FN5O/c12-8-1-2-10(9(13)5-8)16-11(18)3-4-17-7-14-6-15-17/h1-2,5-7H,3-4,13H2,(H,16,18). The molecule has 6 nitrogen and oxygen atoms in total. The van der Waals surface area contributed by atoms with Gasteiger partial charge in [0.1, 0.15) is 18.5 Å². The molecule has 94 valence electrons. The summed E-state index contributed by atoms with van der Waals surface area (Å²) in [5.74, 6) is -0.656. The van der Waals surface area contributed by atoms with E-state index in [-0.39, 0.29) is 18.0 Å². The van der Waals surface area contributed by atoms with Gasteiger partial charge in [-0.3, -0.25) is 9.48 Å². The Balaban J connectivity index is 1.91. The molecule has 0 saturated heterocycles. The number of rotatable bonds is 4. The molecule has 1 aromatic carbocycles. The average Bonchev–Trinajstić information content (AvgIpc) is 2.83. The number of nitrogens with one attached hydrogen (secondary N) is 1. The highest BCUT2D eigenvalue weighted by Gasteiger charge is 2.06. The minimum Gasteiger partial charge on any atom is -0.397 e. The minimum absolute atomic E-state index is 0.198. The Bertz CT molecular complexity index is 540. The quantitative estimate of drug-likeness (QED) is 0.792. The van der Waals surface area contributed by atoms with Gasteiger partial charge in [-0.15, -0.1) is 0 Å². The highest BCUT2D eigenvalue weighted by atomic mass is 19.1. The molecular formula is C11H12FN5O. The van der Waals surface area contributed by atoms with Gasteiger partial charge in [-0.1, -0.05) is 0 Å². The molecule has 0 aliphatic heterocycles. The van der Waals surface area contributed by atoms with Gasteiger partial charge in [0.25, 0.3) is 0 Å². The van der Waals surface area contributed by atoms with Crippen molar-refractivity contribution in [1.82, 2.24) is 14.8 Å². The van der Waals surface area contributed by atoms with Crippen molar-refractivity contribution in [3.8, 4) is 0 Å². The second-order valence-electron chi connectivity index (χ2n) is 3.69. The zero-order valence-corrected chi connectivity index (χ0v) is 9.51. The number of nitrogens with two attached hydrogens (primary N) is 1. The lowest BCUT2D eigenvalue weighted by atomic mass is 10.2. The molecule has 0 fully saturated rings. The molecular weight excluding hydrogens is 237 g/mol. The number of amides is 1. The van der Waals surface area contributed by atoms with E-state index in [9.17, 15) is 9.18 Å². The molecule has 0 bridgehead atoms. The molecule has 1 aromatic heterocycles. The number of halogens is 1. The van der Waals surface area contributed by atoms with E-state index in [4.69, 9.17) is 5.73 Å². The van der Waals surface area contributed by atoms with Gasteiger partial charge in [0.15, 0.2) is 0 Å². The second kappa shape index (κ2) is 5.26. The minimum atomic E-state index is -0.437. The lowest BCUT2D eigenvalue weighted by Crippen LogP contribution is -2.15. The molecule has 0 saturated carbocycles. The van der Waals surface area contributed by atoms with Crippen LogP contribution in [0, 0.1) is 5.82 Å². The molecule has 0 aliphatic rings. The Morgan fingerprint density at radius 2 is 2.33 bits per heavy atom. The molecule has 7 heteroatoms. The van der Waals surface area contributed by atoms with Gasteiger partial charge in [-0.05, 0) is 18.2 Å². The summed E-state index contributed by atoms with van der Waals surface area (Å²) in [4.78, 5) is 15.4. The predicted molar refractivity (Wildman–Crippen MR) is 64.1 cm³/mol. The molecule has 0 spiro atoms. The third-order valence-electron chi connectivity index (χ3n) is 2.32. The third kappa shape index (κ3) is 3.03. The summed E-state index contributed by atoms with van der Waals surface area (Å²) < 4.78 is 14.4. The van der Waals surface area contributed by atoms with Crippen molar-refractivity contribution in [3.05, 3.63) is 36.7 Å². The van der Waals surface area contributed by atoms with Gasteiger partial charge in [-0.2, -0.15) is 5.10 Å². The number of aryl methyl sites for hydroxylation is 1. The fraction of sp³-hybridized carbons (Fsp3) is 0.182. The number of carbonyl (C=O) groups is 1. The van der Waals surface area contributed by atoms with E-state index in [0.29, 0.717) is 12.2 Å². The summed E-state index contributed by atoms with van der Waals surface area (Å²) in [6.07, 6.45) is 3.16. The van der Waals surface area contributed by atoms with Crippen LogP contribution in [0.5, 0.6) is 0 Å². The maximum absolute atomic E-state index is 12.8. The van der Waals surface area contributed by atoms with Gasteiger partial charge < -0.3 is 11.1 Å². The predicted octanol–water partition coefficient (Wildman–Crippen LogP) is 1.03. The third-order valence-corrected chi connectivity index (χ3v) is 2.32. The monoisotopic (exact) mass is 249 g/mol. The van der Waals surface area contributed by atoms with Crippen LogP contribution >= 0.6 is 0 Å². The van der Waals surface area contributed by atoms with Crippen LogP contribution in [0.4, 0.5) is 15.8 Å². The molecule has 2 aromatic rings. The van der Waals surface area contributed by atoms with Crippen molar-refractivity contribution < 1.29 is 9.18 Å². The first kappa shape index (κ1) is 12.0. The van der Waals surface area contributed by atoms with Gasteiger partial charge >= 0.3 is 0 Å². The van der Waals surface area contributed by atoms with E-state index >= 15 is 0 Å². The summed E-state index contributed by atoms with van der Waals surface area (Å²) in [5, 5.41) is 6.48. The van der Waals surface area contributed by atoms with Crippen LogP contribution in [-0.4, -0.2) is 20.7 Å². The molecule has 2 rings (SSSR count). The molecule has 0 atom stereocenters. The maximum atomic E-state index is 12.8. The van der Waals surface area contributed by atoms with Crippen LogP contribution in [0.15, 0.2) is 30.9 Å². The number of benzene rings is 1. The Morgan fingerprint density at radius 3 is 3.00 bits per heavy atom. The Kier molecular flexibility index (Phi) is 3.52. The maximum Gasteiger partial charge on any atom is 0.226 e. The highest BCUT2D eigenvalue weighted by Crippen LogP contribution is 2.19. The second-order valence-corrected chi connectivity index (χ2v) is 3.69. The largest absolute Gasteiger partial charge is 0.397 e. The number of carbonyl (C=O) groups excluding carboxylic acids is 1. The highest BCUT2D eigenvalue weighted by molar-refractivity contribution is 5.93. The number of hydrogen-bond donors (Lipinski definition) is 2. The molecule has 3 N–H and O–H groups in total. The Morgan fingerprint density at radius 1 is 1.50 bits per heavy atom. The summed E-state index contributed by atoms with van der Waals surface area (Å²) in [5.41, 5.74) is 6.18. The SMILES string of the molecule is Nc1cc(F)ccc1NC(=O)CCn1cncn1. The molecule has 0 unspecified atom stereocenters. The zero-order valence-electron chi connectivity index (χ0n) is 9.51. The van der Waals surface area contributed by atoms with E-state index < -0.39 is 5.82 Å². The number of nitrogen functional groups attached to an aromatic ring is 1. The number of anilines is 2. The summed E-state index contributed by atoms with van der Waals surface area (Å²) in [7, 11) is 0. The van der Waals surface area contributed by atoms with Gasteiger partial charge in [0, 0.05) is 6.42 Å². The zero-order chi connectivity index (χ0) is 13.0. The van der Waals surface area contributed by atoms with Gasteiger partial charge in [-0.25, -0.2) is 9.37 Å². The topological polar surface area (TPSA) is 85.8 Å². The van der Waals surface area contributed by atoms with Gasteiger partial charge in [0.2, 0.25) is 5.91 Å². The Labute approximate surface area is 103 Å². The summed E-state index contributed by atoms with van der Waals surface area (Å²) in [6.45, 7) is 0.424. The fourth-order valence-electron chi connectivity index (χ4n) is 1.42. The van der Waals surface area contributed by atoms with Crippen LogP contribution in [0.3, 0.4) is 0 Å². The number of nitrogens with zero attached hydrogens (tertiary/aromatic N) is 3. The van der Waals surface area contributed by atoms with E-state index in [2.05, 4.69) is 15.4 Å².